The number of para-hydroxylation sites is 1. The van der Waals surface area contributed by atoms with Crippen LogP contribution in [0.2, 0.25) is 0 Å². The van der Waals surface area contributed by atoms with Crippen LogP contribution in [-0.4, -0.2) is 51.3 Å². The molecule has 12 heteroatoms. The van der Waals surface area contributed by atoms with E-state index in [0.29, 0.717) is 12.3 Å². The number of nitrogens with one attached hydrogen (secondary N) is 2. The Morgan fingerprint density at radius 2 is 1.83 bits per heavy atom. The first-order chi connectivity index (χ1) is 14.0. The first-order valence-electron chi connectivity index (χ1n) is 9.06. The molecule has 0 bridgehead atoms. The van der Waals surface area contributed by atoms with Crippen LogP contribution < -0.4 is 16.3 Å². The molecule has 2 aliphatic rings. The van der Waals surface area contributed by atoms with Gasteiger partial charge in [-0.1, -0.05) is 12.1 Å². The third-order valence-electron chi connectivity index (χ3n) is 5.12. The van der Waals surface area contributed by atoms with Crippen LogP contribution in [-0.2, 0) is 21.4 Å². The van der Waals surface area contributed by atoms with Gasteiger partial charge >= 0.3 is 17.8 Å². The molecule has 2 amide bonds. The van der Waals surface area contributed by atoms with Gasteiger partial charge < -0.3 is 10.4 Å². The Labute approximate surface area is 167 Å². The van der Waals surface area contributed by atoms with Gasteiger partial charge in [0, 0.05) is 32.5 Å². The van der Waals surface area contributed by atoms with Crippen molar-refractivity contribution in [3.05, 3.63) is 34.2 Å². The maximum Gasteiger partial charge on any atom is 0.490 e. The van der Waals surface area contributed by atoms with Crippen LogP contribution in [0.4, 0.5) is 13.2 Å². The normalized spacial score (nSPS) is 19.7. The largest absolute Gasteiger partial charge is 0.490 e. The lowest BCUT2D eigenvalue weighted by atomic mass is 9.92. The number of aryl methyl sites for hydroxylation is 1. The van der Waals surface area contributed by atoms with Gasteiger partial charge in [-0.05, 0) is 18.1 Å². The van der Waals surface area contributed by atoms with Crippen LogP contribution in [0.15, 0.2) is 23.0 Å². The van der Waals surface area contributed by atoms with Gasteiger partial charge in [0.1, 0.15) is 6.04 Å². The Bertz CT molecular complexity index is 1070. The van der Waals surface area contributed by atoms with Crippen molar-refractivity contribution in [2.45, 2.75) is 31.0 Å². The van der Waals surface area contributed by atoms with Gasteiger partial charge in [0.25, 0.3) is 0 Å². The first kappa shape index (κ1) is 21.6. The zero-order valence-corrected chi connectivity index (χ0v) is 15.8. The molecule has 2 fully saturated rings. The van der Waals surface area contributed by atoms with E-state index in [2.05, 4.69) is 10.6 Å². The lowest BCUT2D eigenvalue weighted by molar-refractivity contribution is -0.192. The first-order valence-corrected chi connectivity index (χ1v) is 9.06. The number of hydrogen-bond acceptors (Lipinski definition) is 5. The van der Waals surface area contributed by atoms with Crippen molar-refractivity contribution in [2.75, 3.05) is 13.1 Å². The number of carbonyl (C=O) groups is 3. The molecule has 2 aliphatic heterocycles. The summed E-state index contributed by atoms with van der Waals surface area (Å²) in [5, 5.41) is 12.7. The summed E-state index contributed by atoms with van der Waals surface area (Å²) in [5.41, 5.74) is 2.56. The summed E-state index contributed by atoms with van der Waals surface area (Å²) >= 11 is 0. The van der Waals surface area contributed by atoms with Crippen molar-refractivity contribution < 1.29 is 32.7 Å². The highest BCUT2D eigenvalue weighted by Crippen LogP contribution is 2.30. The summed E-state index contributed by atoms with van der Waals surface area (Å²) < 4.78 is 34.9. The number of amides is 2. The van der Waals surface area contributed by atoms with Crippen LogP contribution in [0.3, 0.4) is 0 Å². The number of alkyl halides is 3. The summed E-state index contributed by atoms with van der Waals surface area (Å²) in [5.74, 6) is -3.04. The summed E-state index contributed by atoms with van der Waals surface area (Å²) in [6.07, 6.45) is -4.47. The molecule has 0 saturated carbocycles. The maximum absolute atomic E-state index is 12.7. The van der Waals surface area contributed by atoms with Crippen molar-refractivity contribution in [2.24, 2.45) is 7.05 Å². The molecular weight excluding hydrogens is 409 g/mol. The van der Waals surface area contributed by atoms with Crippen molar-refractivity contribution >= 4 is 28.8 Å². The number of carboxylic acid groups (broad SMARTS) is 1. The number of fused-ring (bicyclic) bond motifs is 1. The number of benzene rings is 1. The third-order valence-corrected chi connectivity index (χ3v) is 5.12. The van der Waals surface area contributed by atoms with E-state index in [9.17, 15) is 27.6 Å². The molecule has 2 saturated heterocycles. The maximum atomic E-state index is 12.7. The molecule has 1 atom stereocenters. The van der Waals surface area contributed by atoms with E-state index in [0.717, 1.165) is 29.7 Å². The molecule has 0 spiro atoms. The number of carboxylic acids is 1. The average molecular weight is 428 g/mol. The number of rotatable bonds is 2. The van der Waals surface area contributed by atoms with Crippen molar-refractivity contribution in [1.29, 1.82) is 0 Å². The number of halogens is 3. The van der Waals surface area contributed by atoms with Gasteiger partial charge in [-0.2, -0.15) is 13.2 Å². The fourth-order valence-corrected chi connectivity index (χ4v) is 3.54. The predicted octanol–water partition coefficient (Wildman–Crippen LogP) is 0.638. The fraction of sp³-hybridized carbons (Fsp3) is 0.444. The standard InChI is InChI=1S/C16H18N4O3.C2HF3O2/c1-19-14-10(9-7-17-8-9)3-2-4-11(14)20(16(19)23)12-5-6-13(21)18-15(12)22;3-2(4,5)1(6)7/h2-4,9,12,17H,5-8H2,1H3,(H,18,21,22);(H,6,7)/t12-;/m1./s1. The zero-order chi connectivity index (χ0) is 22.2. The summed E-state index contributed by atoms with van der Waals surface area (Å²) in [7, 11) is 1.74. The average Bonchev–Trinajstić information content (AvgIpc) is 2.86. The molecule has 9 nitrogen and oxygen atoms in total. The second kappa shape index (κ2) is 7.94. The number of aromatic nitrogens is 2. The van der Waals surface area contributed by atoms with Crippen molar-refractivity contribution in [3.63, 3.8) is 0 Å². The number of imidazole rings is 1. The second-order valence-electron chi connectivity index (χ2n) is 7.05. The topological polar surface area (TPSA) is 122 Å². The lowest BCUT2D eigenvalue weighted by Crippen LogP contribution is -2.44. The highest BCUT2D eigenvalue weighted by atomic mass is 19.4. The van der Waals surface area contributed by atoms with Crippen LogP contribution in [0.5, 0.6) is 0 Å². The Morgan fingerprint density at radius 3 is 2.33 bits per heavy atom. The molecule has 4 rings (SSSR count). The number of carbonyl (C=O) groups excluding carboxylic acids is 2. The predicted molar refractivity (Wildman–Crippen MR) is 97.9 cm³/mol. The van der Waals surface area contributed by atoms with Gasteiger partial charge in [0.05, 0.1) is 11.0 Å². The molecule has 0 unspecified atom stereocenters. The quantitative estimate of drug-likeness (QED) is 0.604. The molecule has 3 N–H and O–H groups in total. The Kier molecular flexibility index (Phi) is 5.70. The smallest absolute Gasteiger partial charge is 0.475 e. The highest BCUT2D eigenvalue weighted by molar-refractivity contribution is 6.00. The second-order valence-corrected chi connectivity index (χ2v) is 7.05. The van der Waals surface area contributed by atoms with E-state index >= 15 is 0 Å². The zero-order valence-electron chi connectivity index (χ0n) is 15.8. The van der Waals surface area contributed by atoms with E-state index in [1.54, 1.807) is 11.6 Å². The van der Waals surface area contributed by atoms with Gasteiger partial charge in [-0.25, -0.2) is 9.59 Å². The van der Waals surface area contributed by atoms with Crippen molar-refractivity contribution in [3.8, 4) is 0 Å². The Balaban J connectivity index is 0.000000318. The molecule has 2 aromatic rings. The summed E-state index contributed by atoms with van der Waals surface area (Å²) in [6, 6.07) is 5.22. The molecule has 1 aromatic carbocycles. The summed E-state index contributed by atoms with van der Waals surface area (Å²) in [6.45, 7) is 1.80. The van der Waals surface area contributed by atoms with Crippen LogP contribution >= 0.6 is 0 Å². The molecular formula is C18H19F3N4O5. The van der Waals surface area contributed by atoms with Gasteiger partial charge in [0.2, 0.25) is 11.8 Å². The highest BCUT2D eigenvalue weighted by Gasteiger charge is 2.38. The van der Waals surface area contributed by atoms with Gasteiger partial charge in [0.15, 0.2) is 0 Å². The van der Waals surface area contributed by atoms with E-state index in [1.807, 2.05) is 18.2 Å². The summed E-state index contributed by atoms with van der Waals surface area (Å²) in [4.78, 5) is 45.2. The number of imide groups is 1. The minimum Gasteiger partial charge on any atom is -0.475 e. The number of aliphatic carboxylic acids is 1. The molecule has 1 aromatic heterocycles. The van der Waals surface area contributed by atoms with Crippen LogP contribution in [0.25, 0.3) is 11.0 Å². The minimum atomic E-state index is -5.08. The van der Waals surface area contributed by atoms with E-state index in [1.165, 1.54) is 4.57 Å². The van der Waals surface area contributed by atoms with E-state index in [-0.39, 0.29) is 18.0 Å². The SMILES string of the molecule is Cn1c(=O)n([C@@H]2CCC(=O)NC2=O)c2cccc(C3CNC3)c21.O=C(O)C(F)(F)F. The molecule has 3 heterocycles. The monoisotopic (exact) mass is 428 g/mol. The Hall–Kier alpha value is -3.15. The Morgan fingerprint density at radius 1 is 1.20 bits per heavy atom. The molecule has 30 heavy (non-hydrogen) atoms. The number of nitrogens with zero attached hydrogens (tertiary/aromatic N) is 2. The third kappa shape index (κ3) is 3.95. The molecule has 0 radical (unpaired) electrons. The number of hydrogen-bond donors (Lipinski definition) is 3. The lowest BCUT2D eigenvalue weighted by Gasteiger charge is -2.28. The van der Waals surface area contributed by atoms with Crippen LogP contribution in [0.1, 0.15) is 30.4 Å². The number of piperidine rings is 1. The van der Waals surface area contributed by atoms with Gasteiger partial charge in [-0.3, -0.25) is 24.0 Å². The molecule has 162 valence electrons. The fourth-order valence-electron chi connectivity index (χ4n) is 3.54. The van der Waals surface area contributed by atoms with Gasteiger partial charge in [-0.15, -0.1) is 0 Å². The molecule has 0 aliphatic carbocycles. The van der Waals surface area contributed by atoms with E-state index < -0.39 is 24.1 Å². The van der Waals surface area contributed by atoms with Crippen LogP contribution in [0, 0.1) is 0 Å². The van der Waals surface area contributed by atoms with E-state index in [4.69, 9.17) is 9.90 Å². The minimum absolute atomic E-state index is 0.214. The van der Waals surface area contributed by atoms with Crippen molar-refractivity contribution in [1.82, 2.24) is 19.8 Å².